The zero-order valence-electron chi connectivity index (χ0n) is 3.16. The van der Waals surface area contributed by atoms with Crippen LogP contribution < -0.4 is 4.89 Å². The van der Waals surface area contributed by atoms with Crippen molar-refractivity contribution in [3.05, 3.63) is 0 Å². The minimum atomic E-state index is -4.29. The van der Waals surface area contributed by atoms with Gasteiger partial charge in [-0.3, -0.25) is 0 Å². The van der Waals surface area contributed by atoms with E-state index >= 15 is 0 Å². The maximum atomic E-state index is 9.67. The molecule has 0 saturated carbocycles. The highest BCUT2D eigenvalue weighted by molar-refractivity contribution is 7.66. The van der Waals surface area contributed by atoms with Crippen LogP contribution in [0.15, 0.2) is 0 Å². The number of nitriles is 2. The summed E-state index contributed by atoms with van der Waals surface area (Å²) in [5, 5.41) is 15.1. The van der Waals surface area contributed by atoms with Crippen LogP contribution in [0.2, 0.25) is 0 Å². The van der Waals surface area contributed by atoms with Gasteiger partial charge in [0.05, 0.1) is 0 Å². The second-order valence-corrected chi connectivity index (χ2v) is 2.25. The van der Waals surface area contributed by atoms with Gasteiger partial charge in [0.25, 0.3) is 0 Å². The molecule has 36 valence electrons. The summed E-state index contributed by atoms with van der Waals surface area (Å²) in [5.74, 6) is 1.66. The number of hydrogen-bond donors (Lipinski definition) is 0. The van der Waals surface area contributed by atoms with Gasteiger partial charge in [0, 0.05) is 0 Å². The van der Waals surface area contributed by atoms with Crippen LogP contribution in [0.4, 0.5) is 0 Å². The molecule has 0 unspecified atom stereocenters. The van der Waals surface area contributed by atoms with Gasteiger partial charge in [-0.1, -0.05) is 0 Å². The Kier molecular flexibility index (Phi) is 1.54. The Bertz CT molecular complexity index is 167. The van der Waals surface area contributed by atoms with Crippen molar-refractivity contribution in [1.29, 1.82) is 10.5 Å². The molecule has 0 atom stereocenters. The first-order chi connectivity index (χ1) is 3.12. The molecule has 0 amide bonds. The van der Waals surface area contributed by atoms with E-state index in [9.17, 15) is 9.46 Å². The third kappa shape index (κ3) is 1.94. The van der Waals surface area contributed by atoms with Gasteiger partial charge in [0.1, 0.15) is 11.6 Å². The fourth-order valence-electron chi connectivity index (χ4n) is 0.0224. The molecule has 0 rings (SSSR count). The van der Waals surface area contributed by atoms with Gasteiger partial charge in [0.15, 0.2) is 0 Å². The van der Waals surface area contributed by atoms with Crippen LogP contribution >= 0.6 is 7.37 Å². The molecule has 0 aromatic rings. The van der Waals surface area contributed by atoms with Crippen LogP contribution in [0.1, 0.15) is 0 Å². The number of rotatable bonds is 0. The average Bonchev–Trinajstić information content (AvgIpc) is 1.68. The Balaban J connectivity index is 4.34. The Labute approximate surface area is 40.1 Å². The van der Waals surface area contributed by atoms with Gasteiger partial charge in [-0.15, -0.1) is 0 Å². The van der Waals surface area contributed by atoms with Crippen molar-refractivity contribution >= 4 is 7.37 Å². The van der Waals surface area contributed by atoms with E-state index in [0.29, 0.717) is 0 Å². The molecular formula is C2N2O2P-. The normalized spacial score (nSPS) is 9.00. The minimum Gasteiger partial charge on any atom is -0.778 e. The van der Waals surface area contributed by atoms with Crippen molar-refractivity contribution < 1.29 is 9.46 Å². The molecule has 7 heavy (non-hydrogen) atoms. The molecule has 0 aromatic heterocycles. The van der Waals surface area contributed by atoms with E-state index in [-0.39, 0.29) is 0 Å². The van der Waals surface area contributed by atoms with E-state index in [1.165, 1.54) is 0 Å². The van der Waals surface area contributed by atoms with Crippen molar-refractivity contribution in [2.45, 2.75) is 0 Å². The Hall–Kier alpha value is -0.830. The lowest BCUT2D eigenvalue weighted by molar-refractivity contribution is -0.167. The molecule has 0 spiro atoms. The molecule has 0 heterocycles. The molecule has 0 N–H and O–H groups in total. The maximum Gasteiger partial charge on any atom is 0.210 e. The summed E-state index contributed by atoms with van der Waals surface area (Å²) < 4.78 is 9.67. The summed E-state index contributed by atoms with van der Waals surface area (Å²) in [5.41, 5.74) is 0. The smallest absolute Gasteiger partial charge is 0.210 e. The van der Waals surface area contributed by atoms with Crippen LogP contribution in [-0.2, 0) is 4.57 Å². The zero-order chi connectivity index (χ0) is 5.91. The van der Waals surface area contributed by atoms with Crippen LogP contribution in [0, 0.1) is 22.1 Å². The van der Waals surface area contributed by atoms with Gasteiger partial charge in [0.2, 0.25) is 7.37 Å². The van der Waals surface area contributed by atoms with Crippen molar-refractivity contribution in [2.75, 3.05) is 0 Å². The molecule has 0 bridgehead atoms. The van der Waals surface area contributed by atoms with Crippen LogP contribution in [0.5, 0.6) is 0 Å². The van der Waals surface area contributed by atoms with Gasteiger partial charge in [-0.25, -0.2) is 0 Å². The fraction of sp³-hybridized carbons (Fsp3) is 0. The van der Waals surface area contributed by atoms with Crippen LogP contribution in [0.25, 0.3) is 0 Å². The standard InChI is InChI=1S/C2HN2O2P/c3-1-7(5,6)2-4/h(H,5,6)/p-1. The molecule has 0 aliphatic rings. The van der Waals surface area contributed by atoms with E-state index in [0.717, 1.165) is 11.6 Å². The average molecular weight is 115 g/mol. The lowest BCUT2D eigenvalue weighted by atomic mass is 11.8. The maximum absolute atomic E-state index is 9.67. The predicted octanol–water partition coefficient (Wildman–Crippen LogP) is -0.413. The second-order valence-electron chi connectivity index (χ2n) is 0.751. The van der Waals surface area contributed by atoms with Crippen LogP contribution in [0.3, 0.4) is 0 Å². The molecule has 5 heteroatoms. The third-order valence-corrected chi connectivity index (χ3v) is 0.790. The summed E-state index contributed by atoms with van der Waals surface area (Å²) in [6, 6.07) is 0. The van der Waals surface area contributed by atoms with Gasteiger partial charge < -0.3 is 9.46 Å². The molecule has 0 aliphatic heterocycles. The second kappa shape index (κ2) is 1.75. The zero-order valence-corrected chi connectivity index (χ0v) is 4.05. The van der Waals surface area contributed by atoms with Crippen molar-refractivity contribution in [2.24, 2.45) is 0 Å². The fourth-order valence-corrected chi connectivity index (χ4v) is 0.0671. The van der Waals surface area contributed by atoms with E-state index in [2.05, 4.69) is 0 Å². The summed E-state index contributed by atoms with van der Waals surface area (Å²) >= 11 is 0. The molecule has 0 aliphatic carbocycles. The van der Waals surface area contributed by atoms with Gasteiger partial charge in [-0.2, -0.15) is 10.5 Å². The molecule has 4 nitrogen and oxygen atoms in total. The molecule has 0 saturated heterocycles. The third-order valence-electron chi connectivity index (χ3n) is 0.263. The first-order valence-corrected chi connectivity index (χ1v) is 2.88. The number of hydrogen-bond acceptors (Lipinski definition) is 4. The summed E-state index contributed by atoms with van der Waals surface area (Å²) in [6.07, 6.45) is 0. The molecule has 0 aromatic carbocycles. The van der Waals surface area contributed by atoms with Gasteiger partial charge in [-0.05, 0) is 0 Å². The molecular weight excluding hydrogens is 115 g/mol. The molecule has 0 fully saturated rings. The Morgan fingerprint density at radius 3 is 1.71 bits per heavy atom. The summed E-state index contributed by atoms with van der Waals surface area (Å²) in [6.45, 7) is 0. The first kappa shape index (κ1) is 6.17. The lowest BCUT2D eigenvalue weighted by Gasteiger charge is -1.97. The SMILES string of the molecule is N#CP(=O)([O-])C#N. The monoisotopic (exact) mass is 115 g/mol. The highest BCUT2D eigenvalue weighted by atomic mass is 31.2. The lowest BCUT2D eigenvalue weighted by Crippen LogP contribution is -1.92. The van der Waals surface area contributed by atoms with E-state index < -0.39 is 7.37 Å². The Morgan fingerprint density at radius 2 is 1.71 bits per heavy atom. The predicted molar refractivity (Wildman–Crippen MR) is 18.8 cm³/mol. The number of nitrogens with zero attached hydrogens (tertiary/aromatic N) is 2. The van der Waals surface area contributed by atoms with Crippen molar-refractivity contribution in [3.8, 4) is 11.6 Å². The summed E-state index contributed by atoms with van der Waals surface area (Å²) in [4.78, 5) is 9.67. The van der Waals surface area contributed by atoms with Crippen molar-refractivity contribution in [1.82, 2.24) is 0 Å². The van der Waals surface area contributed by atoms with Gasteiger partial charge >= 0.3 is 0 Å². The van der Waals surface area contributed by atoms with E-state index in [1.54, 1.807) is 0 Å². The highest BCUT2D eigenvalue weighted by Crippen LogP contribution is 2.29. The molecule has 0 radical (unpaired) electrons. The van der Waals surface area contributed by atoms with Crippen molar-refractivity contribution in [3.63, 3.8) is 0 Å². The highest BCUT2D eigenvalue weighted by Gasteiger charge is 1.98. The largest absolute Gasteiger partial charge is 0.778 e. The van der Waals surface area contributed by atoms with E-state index in [4.69, 9.17) is 10.5 Å². The van der Waals surface area contributed by atoms with Crippen LogP contribution in [-0.4, -0.2) is 0 Å². The van der Waals surface area contributed by atoms with E-state index in [1.807, 2.05) is 0 Å². The topological polar surface area (TPSA) is 87.7 Å². The Morgan fingerprint density at radius 1 is 1.43 bits per heavy atom. The quantitative estimate of drug-likeness (QED) is 0.401. The first-order valence-electron chi connectivity index (χ1n) is 1.26. The minimum absolute atomic E-state index is 0.830. The summed E-state index contributed by atoms with van der Waals surface area (Å²) in [7, 11) is -4.29.